The highest BCUT2D eigenvalue weighted by Crippen LogP contribution is 2.36. The molecule has 2 aromatic heterocycles. The zero-order chi connectivity index (χ0) is 19.3. The van der Waals surface area contributed by atoms with Gasteiger partial charge in [0.25, 0.3) is 5.91 Å². The maximum Gasteiger partial charge on any atom is 0.267 e. The minimum absolute atomic E-state index is 0.189. The highest BCUT2D eigenvalue weighted by atomic mass is 32.1. The molecule has 1 amide bonds. The van der Waals surface area contributed by atoms with Gasteiger partial charge in [0.1, 0.15) is 9.71 Å². The molecule has 2 heterocycles. The number of nitrogens with zero attached hydrogens (tertiary/aromatic N) is 1. The average molecular weight is 375 g/mol. The number of para-hydroxylation sites is 1. The molecular formula is C22H21N3OS. The first kappa shape index (κ1) is 17.5. The Labute approximate surface area is 162 Å². The summed E-state index contributed by atoms with van der Waals surface area (Å²) in [5.41, 5.74) is 13.0. The number of nitrogens with one attached hydrogen (secondary N) is 1. The number of rotatable bonds is 2. The van der Waals surface area contributed by atoms with Crippen molar-refractivity contribution in [1.82, 2.24) is 4.98 Å². The van der Waals surface area contributed by atoms with E-state index in [1.807, 2.05) is 39.0 Å². The second kappa shape index (κ2) is 6.35. The molecule has 0 spiro atoms. The quantitative estimate of drug-likeness (QED) is 0.485. The van der Waals surface area contributed by atoms with E-state index in [1.165, 1.54) is 11.3 Å². The van der Waals surface area contributed by atoms with Gasteiger partial charge in [0, 0.05) is 16.5 Å². The van der Waals surface area contributed by atoms with Gasteiger partial charge in [0.15, 0.2) is 0 Å². The highest BCUT2D eigenvalue weighted by molar-refractivity contribution is 7.21. The minimum Gasteiger partial charge on any atom is -0.397 e. The third-order valence-electron chi connectivity index (χ3n) is 5.03. The van der Waals surface area contributed by atoms with Crippen LogP contribution in [-0.2, 0) is 0 Å². The molecule has 0 aliphatic heterocycles. The number of aromatic nitrogens is 1. The lowest BCUT2D eigenvalue weighted by molar-refractivity contribution is 0.103. The van der Waals surface area contributed by atoms with Crippen LogP contribution >= 0.6 is 11.3 Å². The van der Waals surface area contributed by atoms with Crippen LogP contribution in [0, 0.1) is 27.7 Å². The first-order chi connectivity index (χ1) is 12.9. The second-order valence-corrected chi connectivity index (χ2v) is 8.00. The molecular weight excluding hydrogens is 354 g/mol. The van der Waals surface area contributed by atoms with Crippen molar-refractivity contribution in [3.63, 3.8) is 0 Å². The van der Waals surface area contributed by atoms with Crippen LogP contribution < -0.4 is 11.1 Å². The van der Waals surface area contributed by atoms with E-state index >= 15 is 0 Å². The molecule has 0 saturated heterocycles. The fourth-order valence-electron chi connectivity index (χ4n) is 3.41. The first-order valence-corrected chi connectivity index (χ1v) is 9.65. The van der Waals surface area contributed by atoms with E-state index in [2.05, 4.69) is 30.4 Å². The maximum atomic E-state index is 12.9. The number of nitrogen functional groups attached to an aromatic ring is 1. The van der Waals surface area contributed by atoms with Gasteiger partial charge < -0.3 is 11.1 Å². The van der Waals surface area contributed by atoms with Gasteiger partial charge in [0.2, 0.25) is 0 Å². The Balaban J connectivity index is 1.84. The van der Waals surface area contributed by atoms with Crippen LogP contribution in [0.15, 0.2) is 36.4 Å². The molecule has 0 unspecified atom stereocenters. The number of thiophene rings is 1. The number of anilines is 2. The van der Waals surface area contributed by atoms with Gasteiger partial charge in [-0.1, -0.05) is 30.3 Å². The number of hydrogen-bond donors (Lipinski definition) is 2. The van der Waals surface area contributed by atoms with E-state index in [1.54, 1.807) is 0 Å². The van der Waals surface area contributed by atoms with E-state index in [0.29, 0.717) is 10.6 Å². The Bertz CT molecular complexity index is 1200. The molecule has 4 aromatic rings. The molecule has 0 bridgehead atoms. The number of nitrogens with two attached hydrogens (primary N) is 1. The molecule has 0 radical (unpaired) electrons. The van der Waals surface area contributed by atoms with Crippen LogP contribution in [0.2, 0.25) is 0 Å². The number of carbonyl (C=O) groups excluding carboxylic acids is 1. The predicted octanol–water partition coefficient (Wildman–Crippen LogP) is 5.52. The topological polar surface area (TPSA) is 68.0 Å². The van der Waals surface area contributed by atoms with Crippen molar-refractivity contribution >= 4 is 49.7 Å². The largest absolute Gasteiger partial charge is 0.397 e. The highest BCUT2D eigenvalue weighted by Gasteiger charge is 2.19. The minimum atomic E-state index is -0.189. The zero-order valence-electron chi connectivity index (χ0n) is 15.8. The SMILES string of the molecule is Cc1cccc(C)c1NC(=O)c1sc2nc3c(C)ccc(C)c3cc2c1N. The molecule has 27 heavy (non-hydrogen) atoms. The van der Waals surface area contributed by atoms with Crippen molar-refractivity contribution in [3.05, 3.63) is 63.5 Å². The zero-order valence-corrected chi connectivity index (χ0v) is 16.6. The van der Waals surface area contributed by atoms with Gasteiger partial charge in [0.05, 0.1) is 11.2 Å². The summed E-state index contributed by atoms with van der Waals surface area (Å²) in [6, 6.07) is 12.2. The average Bonchev–Trinajstić information content (AvgIpc) is 2.97. The Hall–Kier alpha value is -2.92. The van der Waals surface area contributed by atoms with E-state index in [-0.39, 0.29) is 5.91 Å². The summed E-state index contributed by atoms with van der Waals surface area (Å²) in [4.78, 5) is 19.0. The summed E-state index contributed by atoms with van der Waals surface area (Å²) in [7, 11) is 0. The number of pyridine rings is 1. The Morgan fingerprint density at radius 2 is 1.63 bits per heavy atom. The summed E-state index contributed by atoms with van der Waals surface area (Å²) in [5.74, 6) is -0.189. The number of hydrogen-bond acceptors (Lipinski definition) is 4. The summed E-state index contributed by atoms with van der Waals surface area (Å²) in [6.07, 6.45) is 0. The fourth-order valence-corrected chi connectivity index (χ4v) is 4.38. The summed E-state index contributed by atoms with van der Waals surface area (Å²) in [5, 5.41) is 4.94. The predicted molar refractivity (Wildman–Crippen MR) is 115 cm³/mol. The third kappa shape index (κ3) is 2.84. The standard InChI is InChI=1S/C22H21N3OS/c1-11-8-9-14(4)19-15(11)10-16-17(23)20(27-22(16)25-19)21(26)24-18-12(2)6-5-7-13(18)3/h5-10H,23H2,1-4H3,(H,24,26). The normalized spacial score (nSPS) is 11.3. The van der Waals surface area contributed by atoms with E-state index in [0.717, 1.165) is 49.1 Å². The molecule has 4 nitrogen and oxygen atoms in total. The van der Waals surface area contributed by atoms with Crippen LogP contribution in [0.25, 0.3) is 21.1 Å². The number of amides is 1. The lowest BCUT2D eigenvalue weighted by Gasteiger charge is -2.10. The monoisotopic (exact) mass is 375 g/mol. The van der Waals surface area contributed by atoms with Gasteiger partial charge in [-0.2, -0.15) is 0 Å². The van der Waals surface area contributed by atoms with E-state index in [9.17, 15) is 4.79 Å². The molecule has 0 aliphatic carbocycles. The summed E-state index contributed by atoms with van der Waals surface area (Å²) in [6.45, 7) is 8.08. The number of benzene rings is 2. The van der Waals surface area contributed by atoms with Crippen molar-refractivity contribution in [2.24, 2.45) is 0 Å². The van der Waals surface area contributed by atoms with Crippen molar-refractivity contribution in [1.29, 1.82) is 0 Å². The Morgan fingerprint density at radius 3 is 2.33 bits per heavy atom. The molecule has 5 heteroatoms. The van der Waals surface area contributed by atoms with Crippen molar-refractivity contribution in [2.75, 3.05) is 11.1 Å². The van der Waals surface area contributed by atoms with Crippen LogP contribution in [-0.4, -0.2) is 10.9 Å². The molecule has 0 atom stereocenters. The van der Waals surface area contributed by atoms with Crippen LogP contribution in [0.3, 0.4) is 0 Å². The molecule has 136 valence electrons. The van der Waals surface area contributed by atoms with Crippen LogP contribution in [0.1, 0.15) is 31.9 Å². The lowest BCUT2D eigenvalue weighted by Crippen LogP contribution is -2.13. The second-order valence-electron chi connectivity index (χ2n) is 7.00. The lowest BCUT2D eigenvalue weighted by atomic mass is 10.0. The molecule has 2 aromatic carbocycles. The molecule has 0 fully saturated rings. The molecule has 4 rings (SSSR count). The van der Waals surface area contributed by atoms with Crippen molar-refractivity contribution < 1.29 is 4.79 Å². The molecule has 3 N–H and O–H groups in total. The van der Waals surface area contributed by atoms with Crippen molar-refractivity contribution in [2.45, 2.75) is 27.7 Å². The first-order valence-electron chi connectivity index (χ1n) is 8.83. The Morgan fingerprint density at radius 1 is 0.963 bits per heavy atom. The van der Waals surface area contributed by atoms with Crippen molar-refractivity contribution in [3.8, 4) is 0 Å². The van der Waals surface area contributed by atoms with Gasteiger partial charge in [-0.15, -0.1) is 11.3 Å². The van der Waals surface area contributed by atoms with Crippen LogP contribution in [0.4, 0.5) is 11.4 Å². The van der Waals surface area contributed by atoms with Gasteiger partial charge in [-0.25, -0.2) is 4.98 Å². The van der Waals surface area contributed by atoms with Gasteiger partial charge in [-0.05, 0) is 56.0 Å². The fraction of sp³-hybridized carbons (Fsp3) is 0.182. The number of fused-ring (bicyclic) bond motifs is 2. The number of carbonyl (C=O) groups is 1. The smallest absolute Gasteiger partial charge is 0.267 e. The molecule has 0 saturated carbocycles. The summed E-state index contributed by atoms with van der Waals surface area (Å²) < 4.78 is 0. The van der Waals surface area contributed by atoms with E-state index in [4.69, 9.17) is 10.7 Å². The van der Waals surface area contributed by atoms with Crippen LogP contribution in [0.5, 0.6) is 0 Å². The Kier molecular flexibility index (Phi) is 4.12. The van der Waals surface area contributed by atoms with Gasteiger partial charge >= 0.3 is 0 Å². The van der Waals surface area contributed by atoms with Gasteiger partial charge in [-0.3, -0.25) is 4.79 Å². The maximum absolute atomic E-state index is 12.9. The summed E-state index contributed by atoms with van der Waals surface area (Å²) >= 11 is 1.34. The molecule has 0 aliphatic rings. The number of aryl methyl sites for hydroxylation is 4. The third-order valence-corrected chi connectivity index (χ3v) is 6.14. The van der Waals surface area contributed by atoms with E-state index < -0.39 is 0 Å².